The van der Waals surface area contributed by atoms with Gasteiger partial charge in [0, 0.05) is 16.9 Å². The number of nitrogens with one attached hydrogen (secondary N) is 2. The van der Waals surface area contributed by atoms with Gasteiger partial charge in [0.05, 0.1) is 18.3 Å². The van der Waals surface area contributed by atoms with Crippen LogP contribution in [-0.2, 0) is 33.8 Å². The molecule has 3 aromatic carbocycles. The summed E-state index contributed by atoms with van der Waals surface area (Å²) in [5.41, 5.74) is 2.30. The third kappa shape index (κ3) is 7.35. The number of carbonyl (C=O) groups is 3. The van der Waals surface area contributed by atoms with Crippen molar-refractivity contribution in [3.8, 4) is 0 Å². The molecule has 0 bridgehead atoms. The normalized spacial score (nSPS) is 17.4. The second kappa shape index (κ2) is 13.5. The predicted octanol–water partition coefficient (Wildman–Crippen LogP) is 3.90. The smallest absolute Gasteiger partial charge is 0.254 e. The lowest BCUT2D eigenvalue weighted by Crippen LogP contribution is -2.58. The first-order valence-electron chi connectivity index (χ1n) is 13.7. The van der Waals surface area contributed by atoms with Gasteiger partial charge < -0.3 is 20.6 Å². The molecule has 42 heavy (non-hydrogen) atoms. The number of hydrogen-bond donors (Lipinski definition) is 3. The molecular formula is C32H35F2N3O4S. The van der Waals surface area contributed by atoms with Crippen molar-refractivity contribution in [2.24, 2.45) is 0 Å². The Kier molecular flexibility index (Phi) is 10.0. The molecule has 0 radical (unpaired) electrons. The quantitative estimate of drug-likeness (QED) is 0.330. The predicted molar refractivity (Wildman–Crippen MR) is 158 cm³/mol. The maximum absolute atomic E-state index is 14.2. The van der Waals surface area contributed by atoms with Crippen LogP contribution in [0.2, 0.25) is 0 Å². The summed E-state index contributed by atoms with van der Waals surface area (Å²) in [6.45, 7) is 5.96. The van der Waals surface area contributed by atoms with Crippen LogP contribution in [-0.4, -0.2) is 56.5 Å². The zero-order chi connectivity index (χ0) is 30.4. The van der Waals surface area contributed by atoms with Gasteiger partial charge in [-0.2, -0.15) is 0 Å². The van der Waals surface area contributed by atoms with E-state index in [-0.39, 0.29) is 24.7 Å². The molecule has 0 saturated carbocycles. The highest BCUT2D eigenvalue weighted by molar-refractivity contribution is 8.00. The molecule has 1 aliphatic rings. The molecule has 0 unspecified atom stereocenters. The summed E-state index contributed by atoms with van der Waals surface area (Å²) < 4.78 is 27.8. The van der Waals surface area contributed by atoms with E-state index in [9.17, 15) is 28.3 Å². The Morgan fingerprint density at radius 3 is 2.31 bits per heavy atom. The molecule has 4 rings (SSSR count). The monoisotopic (exact) mass is 595 g/mol. The molecule has 7 nitrogen and oxygen atoms in total. The lowest BCUT2D eigenvalue weighted by molar-refractivity contribution is -0.147. The van der Waals surface area contributed by atoms with Gasteiger partial charge in [0.1, 0.15) is 17.7 Å². The first-order valence-corrected chi connectivity index (χ1v) is 14.7. The second-order valence-corrected chi connectivity index (χ2v) is 12.5. The van der Waals surface area contributed by atoms with Crippen molar-refractivity contribution in [1.29, 1.82) is 0 Å². The highest BCUT2D eigenvalue weighted by Crippen LogP contribution is 2.40. The van der Waals surface area contributed by atoms with Gasteiger partial charge >= 0.3 is 0 Å². The highest BCUT2D eigenvalue weighted by Gasteiger charge is 2.49. The molecular weight excluding hydrogens is 560 g/mol. The van der Waals surface area contributed by atoms with Crippen molar-refractivity contribution in [3.63, 3.8) is 0 Å². The summed E-state index contributed by atoms with van der Waals surface area (Å²) in [5.74, 6) is -3.39. The van der Waals surface area contributed by atoms with Crippen molar-refractivity contribution in [1.82, 2.24) is 15.5 Å². The molecule has 10 heteroatoms. The number of aliphatic hydroxyl groups is 1. The van der Waals surface area contributed by atoms with Crippen LogP contribution in [0.1, 0.15) is 36.1 Å². The minimum atomic E-state index is -1.72. The number of benzene rings is 3. The van der Waals surface area contributed by atoms with Gasteiger partial charge in [-0.25, -0.2) is 8.78 Å². The molecule has 0 spiro atoms. The molecule has 3 N–H and O–H groups in total. The minimum absolute atomic E-state index is 0.0771. The van der Waals surface area contributed by atoms with E-state index < -0.39 is 58.4 Å². The van der Waals surface area contributed by atoms with Crippen LogP contribution >= 0.6 is 11.8 Å². The Morgan fingerprint density at radius 2 is 1.64 bits per heavy atom. The SMILES string of the molecule is Cc1ccccc1CNC(=O)[C@H]1N(C(=O)[C@@H](O)[C@H](Cc2ccccc2)NC(=O)Cc2c(F)cccc2F)CSC1(C)C. The molecule has 1 fully saturated rings. The zero-order valence-corrected chi connectivity index (χ0v) is 24.6. The van der Waals surface area contributed by atoms with Gasteiger partial charge in [-0.3, -0.25) is 14.4 Å². The van der Waals surface area contributed by atoms with Crippen molar-refractivity contribution < 1.29 is 28.3 Å². The van der Waals surface area contributed by atoms with E-state index in [4.69, 9.17) is 0 Å². The van der Waals surface area contributed by atoms with E-state index in [0.717, 1.165) is 28.8 Å². The van der Waals surface area contributed by atoms with E-state index in [2.05, 4.69) is 10.6 Å². The average molecular weight is 596 g/mol. The van der Waals surface area contributed by atoms with E-state index in [1.54, 1.807) is 24.3 Å². The molecule has 3 aromatic rings. The number of aliphatic hydroxyl groups excluding tert-OH is 1. The number of hydrogen-bond acceptors (Lipinski definition) is 5. The summed E-state index contributed by atoms with van der Waals surface area (Å²) in [7, 11) is 0. The number of halogens is 2. The maximum Gasteiger partial charge on any atom is 0.254 e. The van der Waals surface area contributed by atoms with Gasteiger partial charge in [-0.15, -0.1) is 11.8 Å². The van der Waals surface area contributed by atoms with Gasteiger partial charge in [-0.1, -0.05) is 60.7 Å². The van der Waals surface area contributed by atoms with Crippen molar-refractivity contribution in [2.75, 3.05) is 5.88 Å². The maximum atomic E-state index is 14.2. The number of thioether (sulfide) groups is 1. The second-order valence-electron chi connectivity index (χ2n) is 10.9. The van der Waals surface area contributed by atoms with Crippen LogP contribution in [0, 0.1) is 18.6 Å². The van der Waals surface area contributed by atoms with Crippen LogP contribution in [0.3, 0.4) is 0 Å². The molecule has 222 valence electrons. The number of rotatable bonds is 10. The van der Waals surface area contributed by atoms with Crippen molar-refractivity contribution in [3.05, 3.63) is 107 Å². The summed E-state index contributed by atoms with van der Waals surface area (Å²) in [4.78, 5) is 41.5. The molecule has 3 atom stereocenters. The van der Waals surface area contributed by atoms with Crippen LogP contribution in [0.5, 0.6) is 0 Å². The number of aryl methyl sites for hydroxylation is 1. The first kappa shape index (κ1) is 31.2. The number of nitrogens with zero attached hydrogens (tertiary/aromatic N) is 1. The summed E-state index contributed by atoms with van der Waals surface area (Å²) in [6.07, 6.45) is -2.25. The van der Waals surface area contributed by atoms with Gasteiger partial charge in [-0.05, 0) is 56.0 Å². The fourth-order valence-electron chi connectivity index (χ4n) is 5.07. The minimum Gasteiger partial charge on any atom is -0.381 e. The topological polar surface area (TPSA) is 98.7 Å². The number of carbonyl (C=O) groups excluding carboxylic acids is 3. The van der Waals surface area contributed by atoms with Crippen LogP contribution < -0.4 is 10.6 Å². The fourth-order valence-corrected chi connectivity index (χ4v) is 6.21. The fraction of sp³-hybridized carbons (Fsp3) is 0.344. The molecule has 3 amide bonds. The van der Waals surface area contributed by atoms with E-state index in [1.165, 1.54) is 22.7 Å². The summed E-state index contributed by atoms with van der Waals surface area (Å²) >= 11 is 1.41. The lowest BCUT2D eigenvalue weighted by Gasteiger charge is -2.33. The van der Waals surface area contributed by atoms with Gasteiger partial charge in [0.25, 0.3) is 5.91 Å². The molecule has 0 aliphatic carbocycles. The highest BCUT2D eigenvalue weighted by atomic mass is 32.2. The summed E-state index contributed by atoms with van der Waals surface area (Å²) in [6, 6.07) is 17.9. The third-order valence-electron chi connectivity index (χ3n) is 7.47. The zero-order valence-electron chi connectivity index (χ0n) is 23.8. The molecule has 1 saturated heterocycles. The van der Waals surface area contributed by atoms with Crippen LogP contribution in [0.15, 0.2) is 72.8 Å². The number of amides is 3. The van der Waals surface area contributed by atoms with E-state index in [1.807, 2.05) is 51.1 Å². The Hall–Kier alpha value is -3.76. The Labute approximate surface area is 248 Å². The molecule has 0 aromatic heterocycles. The van der Waals surface area contributed by atoms with E-state index >= 15 is 0 Å². The lowest BCUT2D eigenvalue weighted by atomic mass is 9.96. The molecule has 1 heterocycles. The Bertz CT molecular complexity index is 1420. The van der Waals surface area contributed by atoms with Gasteiger partial charge in [0.2, 0.25) is 11.8 Å². The van der Waals surface area contributed by atoms with Crippen LogP contribution in [0.4, 0.5) is 8.78 Å². The van der Waals surface area contributed by atoms with E-state index in [0.29, 0.717) is 0 Å². The summed E-state index contributed by atoms with van der Waals surface area (Å²) in [5, 5.41) is 16.9. The molecule has 1 aliphatic heterocycles. The van der Waals surface area contributed by atoms with Crippen molar-refractivity contribution in [2.45, 2.75) is 63.1 Å². The average Bonchev–Trinajstić information content (AvgIpc) is 3.28. The van der Waals surface area contributed by atoms with Gasteiger partial charge in [0.15, 0.2) is 6.10 Å². The first-order chi connectivity index (χ1) is 20.0. The van der Waals surface area contributed by atoms with Crippen LogP contribution in [0.25, 0.3) is 0 Å². The largest absolute Gasteiger partial charge is 0.381 e. The third-order valence-corrected chi connectivity index (χ3v) is 8.84. The van der Waals surface area contributed by atoms with Crippen molar-refractivity contribution >= 4 is 29.5 Å². The Balaban J connectivity index is 1.53. The standard InChI is InChI=1S/C32H35F2N3O4S/c1-20-10-7-8-13-22(20)18-35-30(40)29-32(2,3)42-19-37(29)31(41)28(39)26(16-21-11-5-4-6-12-21)36-27(38)17-23-24(33)14-9-15-25(23)34/h4-15,26,28-29,39H,16-19H2,1-3H3,(H,35,40)(H,36,38)/t26-,28-,29+/m0/s1. The Morgan fingerprint density at radius 1 is 1.00 bits per heavy atom.